The first kappa shape index (κ1) is 27.4. The Labute approximate surface area is 234 Å². The van der Waals surface area contributed by atoms with Gasteiger partial charge in [0.2, 0.25) is 0 Å². The van der Waals surface area contributed by atoms with Gasteiger partial charge in [0.15, 0.2) is 0 Å². The second-order valence-corrected chi connectivity index (χ2v) is 10.1. The largest absolute Gasteiger partial charge is 0.385 e. The van der Waals surface area contributed by atoms with E-state index < -0.39 is 23.8 Å². The van der Waals surface area contributed by atoms with Crippen LogP contribution in [0.2, 0.25) is 0 Å². The molecule has 0 radical (unpaired) electrons. The maximum atomic E-state index is 14.2. The van der Waals surface area contributed by atoms with Gasteiger partial charge in [0.1, 0.15) is 17.7 Å². The molecular weight excluding hydrogens is 502 g/mol. The molecule has 0 amide bonds. The molecule has 5 heteroatoms. The van der Waals surface area contributed by atoms with Crippen LogP contribution >= 0.6 is 0 Å². The number of aromatic nitrogens is 1. The molecule has 0 aliphatic heterocycles. The molecule has 5 rings (SSSR count). The lowest BCUT2D eigenvalue weighted by atomic mass is 9.94. The van der Waals surface area contributed by atoms with Crippen LogP contribution < -0.4 is 0 Å². The monoisotopic (exact) mass is 534 g/mol. The summed E-state index contributed by atoms with van der Waals surface area (Å²) in [4.78, 5) is 6.72. The zero-order chi connectivity index (χ0) is 27.7. The number of hydrogen-bond acceptors (Lipinski definition) is 3. The van der Waals surface area contributed by atoms with Gasteiger partial charge in [0.25, 0.3) is 0 Å². The second-order valence-electron chi connectivity index (χ2n) is 10.1. The Morgan fingerprint density at radius 1 is 0.600 bits per heavy atom. The van der Waals surface area contributed by atoms with Crippen molar-refractivity contribution in [3.05, 3.63) is 173 Å². The first-order chi connectivity index (χ1) is 19.5. The first-order valence-corrected chi connectivity index (χ1v) is 13.5. The number of halogens is 2. The molecule has 0 aliphatic rings. The predicted octanol–water partition coefficient (Wildman–Crippen LogP) is 7.30. The number of aliphatic hydroxyl groups is 1. The third-order valence-corrected chi connectivity index (χ3v) is 7.06. The van der Waals surface area contributed by atoms with Crippen LogP contribution in [-0.2, 0) is 25.9 Å². The van der Waals surface area contributed by atoms with E-state index in [2.05, 4.69) is 22.0 Å². The molecule has 2 unspecified atom stereocenters. The molecule has 0 saturated carbocycles. The van der Waals surface area contributed by atoms with Crippen LogP contribution in [-0.4, -0.2) is 21.0 Å². The van der Waals surface area contributed by atoms with E-state index in [0.29, 0.717) is 30.8 Å². The third-order valence-electron chi connectivity index (χ3n) is 7.06. The van der Waals surface area contributed by atoms with Gasteiger partial charge in [-0.25, -0.2) is 8.78 Å². The van der Waals surface area contributed by atoms with Crippen LogP contribution in [0.5, 0.6) is 0 Å². The first-order valence-electron chi connectivity index (χ1n) is 13.5. The summed E-state index contributed by atoms with van der Waals surface area (Å²) in [6.07, 6.45) is 1.66. The average Bonchev–Trinajstić information content (AvgIpc) is 2.97. The Bertz CT molecular complexity index is 1430. The molecule has 2 atom stereocenters. The van der Waals surface area contributed by atoms with Crippen LogP contribution in [0.3, 0.4) is 0 Å². The number of nitrogens with zero attached hydrogens (tertiary/aromatic N) is 2. The molecule has 4 aromatic carbocycles. The second kappa shape index (κ2) is 13.2. The van der Waals surface area contributed by atoms with E-state index >= 15 is 0 Å². The summed E-state index contributed by atoms with van der Waals surface area (Å²) in [7, 11) is 0. The summed E-state index contributed by atoms with van der Waals surface area (Å²) in [6.45, 7) is 1.08. The summed E-state index contributed by atoms with van der Waals surface area (Å²) in [5.41, 5.74) is 5.35. The predicted molar refractivity (Wildman–Crippen MR) is 154 cm³/mol. The van der Waals surface area contributed by atoms with E-state index in [1.165, 1.54) is 12.1 Å². The lowest BCUT2D eigenvalue weighted by Crippen LogP contribution is -2.41. The molecule has 202 valence electrons. The van der Waals surface area contributed by atoms with Crippen molar-refractivity contribution in [3.8, 4) is 0 Å². The van der Waals surface area contributed by atoms with Gasteiger partial charge in [0.05, 0.1) is 5.69 Å². The number of hydrogen-bond donors (Lipinski definition) is 1. The molecule has 0 spiro atoms. The Morgan fingerprint density at radius 3 is 1.68 bits per heavy atom. The SMILES string of the molecule is OC(c1cc(Cc2ccccc2)ccn1)C(Cc1cc(F)cc(F)c1)N(Cc1ccccc1)Cc1ccccc1. The standard InChI is InChI=1S/C35H32F2N2O/c36-31-19-30(20-32(37)23-31)22-34(35(40)33-21-29(16-17-38-33)18-26-10-4-1-5-11-26)39(24-27-12-6-2-7-13-27)25-28-14-8-3-9-15-28/h1-17,19-21,23,34-35,40H,18,22,24-25H2. The molecule has 5 aromatic rings. The lowest BCUT2D eigenvalue weighted by Gasteiger charge is -2.35. The van der Waals surface area contributed by atoms with Crippen LogP contribution in [0.1, 0.15) is 39.6 Å². The maximum Gasteiger partial charge on any atom is 0.126 e. The minimum Gasteiger partial charge on any atom is -0.385 e. The highest BCUT2D eigenvalue weighted by Crippen LogP contribution is 2.28. The topological polar surface area (TPSA) is 36.4 Å². The van der Waals surface area contributed by atoms with Gasteiger partial charge in [-0.1, -0.05) is 91.0 Å². The molecule has 40 heavy (non-hydrogen) atoms. The molecule has 1 heterocycles. The number of pyridine rings is 1. The Morgan fingerprint density at radius 2 is 1.12 bits per heavy atom. The van der Waals surface area contributed by atoms with Gasteiger partial charge in [0, 0.05) is 31.4 Å². The molecule has 1 aromatic heterocycles. The van der Waals surface area contributed by atoms with Crippen molar-refractivity contribution in [1.29, 1.82) is 0 Å². The van der Waals surface area contributed by atoms with E-state index in [1.807, 2.05) is 91.0 Å². The Balaban J connectivity index is 1.52. The Kier molecular flexibility index (Phi) is 9.07. The van der Waals surface area contributed by atoms with Crippen molar-refractivity contribution in [2.45, 2.75) is 38.1 Å². The van der Waals surface area contributed by atoms with Crippen molar-refractivity contribution in [1.82, 2.24) is 9.88 Å². The van der Waals surface area contributed by atoms with E-state index in [0.717, 1.165) is 28.3 Å². The fourth-order valence-corrected chi connectivity index (χ4v) is 5.13. The zero-order valence-corrected chi connectivity index (χ0v) is 22.2. The highest BCUT2D eigenvalue weighted by Gasteiger charge is 2.29. The average molecular weight is 535 g/mol. The summed E-state index contributed by atoms with van der Waals surface area (Å²) in [5, 5.41) is 11.9. The lowest BCUT2D eigenvalue weighted by molar-refractivity contribution is 0.0355. The summed E-state index contributed by atoms with van der Waals surface area (Å²) in [6, 6.07) is 37.1. The van der Waals surface area contributed by atoms with Crippen molar-refractivity contribution in [2.75, 3.05) is 0 Å². The van der Waals surface area contributed by atoms with E-state index in [9.17, 15) is 13.9 Å². The zero-order valence-electron chi connectivity index (χ0n) is 22.2. The molecule has 0 fully saturated rings. The van der Waals surface area contributed by atoms with E-state index in [4.69, 9.17) is 0 Å². The van der Waals surface area contributed by atoms with E-state index in [-0.39, 0.29) is 6.42 Å². The number of aliphatic hydroxyl groups excluding tert-OH is 1. The summed E-state index contributed by atoms with van der Waals surface area (Å²) in [5.74, 6) is -1.27. The van der Waals surface area contributed by atoms with Gasteiger partial charge >= 0.3 is 0 Å². The maximum absolute atomic E-state index is 14.2. The van der Waals surface area contributed by atoms with Gasteiger partial charge in [-0.3, -0.25) is 9.88 Å². The van der Waals surface area contributed by atoms with Crippen LogP contribution in [0.4, 0.5) is 8.78 Å². The van der Waals surface area contributed by atoms with Crippen LogP contribution in [0.15, 0.2) is 128 Å². The fraction of sp³-hybridized carbons (Fsp3) is 0.171. The van der Waals surface area contributed by atoms with Gasteiger partial charge < -0.3 is 5.11 Å². The molecular formula is C35H32F2N2O. The molecule has 1 N–H and O–H groups in total. The van der Waals surface area contributed by atoms with Crippen LogP contribution in [0, 0.1) is 11.6 Å². The molecule has 0 saturated heterocycles. The number of benzene rings is 4. The third kappa shape index (κ3) is 7.47. The quantitative estimate of drug-likeness (QED) is 0.193. The van der Waals surface area contributed by atoms with Crippen molar-refractivity contribution >= 4 is 0 Å². The van der Waals surface area contributed by atoms with Crippen molar-refractivity contribution < 1.29 is 13.9 Å². The fourth-order valence-electron chi connectivity index (χ4n) is 5.13. The van der Waals surface area contributed by atoms with Crippen molar-refractivity contribution in [2.24, 2.45) is 0 Å². The molecule has 0 bridgehead atoms. The highest BCUT2D eigenvalue weighted by molar-refractivity contribution is 5.28. The van der Waals surface area contributed by atoms with Gasteiger partial charge in [-0.2, -0.15) is 0 Å². The van der Waals surface area contributed by atoms with Crippen molar-refractivity contribution in [3.63, 3.8) is 0 Å². The molecule has 3 nitrogen and oxygen atoms in total. The smallest absolute Gasteiger partial charge is 0.126 e. The van der Waals surface area contributed by atoms with Gasteiger partial charge in [-0.15, -0.1) is 0 Å². The Hall–Kier alpha value is -4.19. The van der Waals surface area contributed by atoms with Gasteiger partial charge in [-0.05, 0) is 64.9 Å². The summed E-state index contributed by atoms with van der Waals surface area (Å²) >= 11 is 0. The number of rotatable bonds is 11. The normalized spacial score (nSPS) is 12.8. The minimum atomic E-state index is -1.01. The molecule has 0 aliphatic carbocycles. The van der Waals surface area contributed by atoms with Crippen LogP contribution in [0.25, 0.3) is 0 Å². The summed E-state index contributed by atoms with van der Waals surface area (Å²) < 4.78 is 28.5. The highest BCUT2D eigenvalue weighted by atomic mass is 19.1. The minimum absolute atomic E-state index is 0.236. The van der Waals surface area contributed by atoms with E-state index in [1.54, 1.807) is 6.20 Å².